The largest absolute Gasteiger partial charge is 0.426 e. The van der Waals surface area contributed by atoms with Gasteiger partial charge in [0, 0.05) is 10.9 Å². The summed E-state index contributed by atoms with van der Waals surface area (Å²) >= 11 is 0. The highest BCUT2D eigenvalue weighted by Gasteiger charge is 2.24. The van der Waals surface area contributed by atoms with Crippen molar-refractivity contribution in [2.24, 2.45) is 0 Å². The normalized spacial score (nSPS) is 11.8. The van der Waals surface area contributed by atoms with E-state index >= 15 is 0 Å². The third kappa shape index (κ3) is 3.91. The number of aromatic amines is 1. The fourth-order valence-electron chi connectivity index (χ4n) is 3.87. The molecular weight excluding hydrogens is 416 g/mol. The molecule has 0 fully saturated rings. The van der Waals surface area contributed by atoms with Crippen molar-refractivity contribution in [3.63, 3.8) is 0 Å². The van der Waals surface area contributed by atoms with Gasteiger partial charge in [-0.2, -0.15) is 5.10 Å². The molecule has 3 heterocycles. The third-order valence-electron chi connectivity index (χ3n) is 5.39. The highest BCUT2D eigenvalue weighted by Crippen LogP contribution is 2.34. The molecule has 0 bridgehead atoms. The second-order valence-electron chi connectivity index (χ2n) is 8.96. The number of nitrogens with one attached hydrogen (secondary N) is 1. The second kappa shape index (κ2) is 7.74. The Hall–Kier alpha value is -4.20. The Labute approximate surface area is 190 Å². The van der Waals surface area contributed by atoms with E-state index in [0.29, 0.717) is 28.3 Å². The van der Waals surface area contributed by atoms with Crippen LogP contribution in [0.1, 0.15) is 26.3 Å². The number of carbonyl (C=O) groups is 1. The van der Waals surface area contributed by atoms with Gasteiger partial charge in [0.2, 0.25) is 0 Å². The average Bonchev–Trinajstić information content (AvgIpc) is 3.36. The van der Waals surface area contributed by atoms with Crippen molar-refractivity contribution in [2.45, 2.75) is 32.7 Å². The smallest absolute Gasteiger partial charge is 0.315 e. The van der Waals surface area contributed by atoms with Crippen LogP contribution >= 0.6 is 0 Å². The number of fused-ring (bicyclic) bond motifs is 2. The van der Waals surface area contributed by atoms with Crippen LogP contribution in [-0.4, -0.2) is 30.7 Å². The summed E-state index contributed by atoms with van der Waals surface area (Å²) in [5, 5.41) is 6.55. The van der Waals surface area contributed by atoms with Crippen LogP contribution in [0.2, 0.25) is 0 Å². The number of nitrogen functional groups attached to an aromatic ring is 1. The van der Waals surface area contributed by atoms with Crippen LogP contribution in [0.15, 0.2) is 60.9 Å². The van der Waals surface area contributed by atoms with Crippen molar-refractivity contribution in [1.82, 2.24) is 24.7 Å². The van der Waals surface area contributed by atoms with E-state index in [1.807, 2.05) is 47.1 Å². The number of nitrogens with two attached hydrogens (primary N) is 1. The number of esters is 1. The Balaban J connectivity index is 1.50. The molecule has 0 spiro atoms. The fraction of sp³-hybridized carbons (Fsp3) is 0.200. The Morgan fingerprint density at radius 2 is 1.88 bits per heavy atom. The average molecular weight is 441 g/mol. The first-order valence-electron chi connectivity index (χ1n) is 10.7. The lowest BCUT2D eigenvalue weighted by molar-refractivity contribution is -0.133. The second-order valence-corrected chi connectivity index (χ2v) is 8.96. The molecule has 0 atom stereocenters. The van der Waals surface area contributed by atoms with E-state index in [1.54, 1.807) is 12.1 Å². The van der Waals surface area contributed by atoms with Crippen molar-refractivity contribution in [2.75, 3.05) is 5.73 Å². The van der Waals surface area contributed by atoms with Crippen molar-refractivity contribution in [1.29, 1.82) is 0 Å². The number of para-hydroxylation sites is 1. The summed E-state index contributed by atoms with van der Waals surface area (Å²) in [6.07, 6.45) is 1.62. The number of H-pyrrole nitrogens is 1. The number of rotatable bonds is 4. The van der Waals surface area contributed by atoms with E-state index in [-0.39, 0.29) is 17.9 Å². The number of aromatic nitrogens is 5. The maximum Gasteiger partial charge on any atom is 0.315 e. The van der Waals surface area contributed by atoms with Crippen LogP contribution in [0, 0.1) is 0 Å². The van der Waals surface area contributed by atoms with Gasteiger partial charge < -0.3 is 15.5 Å². The van der Waals surface area contributed by atoms with Gasteiger partial charge in [0.25, 0.3) is 0 Å². The van der Waals surface area contributed by atoms with E-state index in [4.69, 9.17) is 15.6 Å². The predicted octanol–water partition coefficient (Wildman–Crippen LogP) is 4.46. The zero-order chi connectivity index (χ0) is 23.2. The van der Waals surface area contributed by atoms with Gasteiger partial charge in [-0.25, -0.2) is 14.6 Å². The molecule has 8 nitrogen and oxygen atoms in total. The molecule has 0 aliphatic rings. The van der Waals surface area contributed by atoms with Gasteiger partial charge in [-0.3, -0.25) is 4.79 Å². The summed E-state index contributed by atoms with van der Waals surface area (Å²) in [4.78, 5) is 24.4. The lowest BCUT2D eigenvalue weighted by atomic mass is 10.1. The molecule has 5 rings (SSSR count). The molecule has 5 aromatic rings. The van der Waals surface area contributed by atoms with Gasteiger partial charge in [-0.1, -0.05) is 30.3 Å². The standard InChI is InChI=1S/C25H24N6O2/c1-25(2,3)31-24-21(23(26)27-14-28-24)22(30-31)19-13-16-10-9-15(11-18(16)29-19)12-20(32)33-17-7-5-4-6-8-17/h4-11,13-14,29H,12H2,1-3H3,(H2,26,27,28). The summed E-state index contributed by atoms with van der Waals surface area (Å²) in [6.45, 7) is 6.19. The van der Waals surface area contributed by atoms with Crippen LogP contribution < -0.4 is 10.5 Å². The molecule has 2 aromatic carbocycles. The zero-order valence-corrected chi connectivity index (χ0v) is 18.7. The number of nitrogens with zero attached hydrogens (tertiary/aromatic N) is 4. The molecule has 0 saturated heterocycles. The molecule has 33 heavy (non-hydrogen) atoms. The molecule has 0 amide bonds. The van der Waals surface area contributed by atoms with Crippen molar-refractivity contribution in [3.05, 3.63) is 66.5 Å². The summed E-state index contributed by atoms with van der Waals surface area (Å²) in [6, 6.07) is 16.9. The molecule has 8 heteroatoms. The summed E-state index contributed by atoms with van der Waals surface area (Å²) in [5.41, 5.74) is 9.87. The molecule has 166 valence electrons. The molecule has 0 aliphatic heterocycles. The summed E-state index contributed by atoms with van der Waals surface area (Å²) in [7, 11) is 0. The first-order chi connectivity index (χ1) is 15.8. The molecule has 0 saturated carbocycles. The first kappa shape index (κ1) is 20.7. The Morgan fingerprint density at radius 1 is 1.09 bits per heavy atom. The number of ether oxygens (including phenoxy) is 1. The van der Waals surface area contributed by atoms with Gasteiger partial charge in [-0.05, 0) is 50.6 Å². The molecule has 0 radical (unpaired) electrons. The van der Waals surface area contributed by atoms with Gasteiger partial charge >= 0.3 is 5.97 Å². The number of carbonyl (C=O) groups excluding carboxylic acids is 1. The van der Waals surface area contributed by atoms with Crippen LogP contribution in [0.3, 0.4) is 0 Å². The van der Waals surface area contributed by atoms with Crippen LogP contribution in [0.5, 0.6) is 5.75 Å². The topological polar surface area (TPSA) is 112 Å². The lowest BCUT2D eigenvalue weighted by Crippen LogP contribution is -2.23. The van der Waals surface area contributed by atoms with E-state index in [9.17, 15) is 4.79 Å². The quantitative estimate of drug-likeness (QED) is 0.315. The highest BCUT2D eigenvalue weighted by atomic mass is 16.5. The molecular formula is C25H24N6O2. The minimum atomic E-state index is -0.313. The van der Waals surface area contributed by atoms with E-state index < -0.39 is 0 Å². The van der Waals surface area contributed by atoms with Gasteiger partial charge in [0.15, 0.2) is 5.65 Å². The minimum Gasteiger partial charge on any atom is -0.426 e. The molecule has 3 aromatic heterocycles. The Kier molecular flexibility index (Phi) is 4.85. The predicted molar refractivity (Wildman–Crippen MR) is 128 cm³/mol. The number of hydrogen-bond donors (Lipinski definition) is 2. The summed E-state index contributed by atoms with van der Waals surface area (Å²) in [5.74, 6) is 0.604. The first-order valence-corrected chi connectivity index (χ1v) is 10.7. The van der Waals surface area contributed by atoms with Crippen LogP contribution in [0.25, 0.3) is 33.3 Å². The lowest BCUT2D eigenvalue weighted by Gasteiger charge is -2.19. The zero-order valence-electron chi connectivity index (χ0n) is 18.7. The fourth-order valence-corrected chi connectivity index (χ4v) is 3.87. The van der Waals surface area contributed by atoms with Crippen LogP contribution in [-0.2, 0) is 16.8 Å². The SMILES string of the molecule is CC(C)(C)n1nc(-c2cc3ccc(CC(=O)Oc4ccccc4)cc3[nH]2)c2c(N)ncnc21. The monoisotopic (exact) mass is 440 g/mol. The molecule has 0 unspecified atom stereocenters. The van der Waals surface area contributed by atoms with E-state index in [2.05, 4.69) is 35.7 Å². The Morgan fingerprint density at radius 3 is 2.64 bits per heavy atom. The number of benzene rings is 2. The van der Waals surface area contributed by atoms with E-state index in [1.165, 1.54) is 6.33 Å². The molecule has 0 aliphatic carbocycles. The number of hydrogen-bond acceptors (Lipinski definition) is 6. The van der Waals surface area contributed by atoms with Gasteiger partial charge in [0.1, 0.15) is 23.6 Å². The summed E-state index contributed by atoms with van der Waals surface area (Å²) < 4.78 is 7.28. The number of anilines is 1. The van der Waals surface area contributed by atoms with Crippen molar-refractivity contribution >= 4 is 33.7 Å². The maximum atomic E-state index is 12.4. The van der Waals surface area contributed by atoms with Gasteiger partial charge in [-0.15, -0.1) is 0 Å². The highest BCUT2D eigenvalue weighted by molar-refractivity contribution is 6.00. The molecule has 3 N–H and O–H groups in total. The van der Waals surface area contributed by atoms with Crippen molar-refractivity contribution < 1.29 is 9.53 Å². The minimum absolute atomic E-state index is 0.168. The van der Waals surface area contributed by atoms with Crippen molar-refractivity contribution in [3.8, 4) is 17.1 Å². The van der Waals surface area contributed by atoms with Gasteiger partial charge in [0.05, 0.1) is 23.0 Å². The van der Waals surface area contributed by atoms with E-state index in [0.717, 1.165) is 22.2 Å². The van der Waals surface area contributed by atoms with Crippen LogP contribution in [0.4, 0.5) is 5.82 Å². The maximum absolute atomic E-state index is 12.4. The third-order valence-corrected chi connectivity index (χ3v) is 5.39. The Bertz CT molecular complexity index is 1480.